The Bertz CT molecular complexity index is 262. The molecule has 98 valence electrons. The van der Waals surface area contributed by atoms with Gasteiger partial charge in [0.05, 0.1) is 6.54 Å². The van der Waals surface area contributed by atoms with Gasteiger partial charge in [0.15, 0.2) is 0 Å². The Balaban J connectivity index is 2.40. The first-order valence-corrected chi connectivity index (χ1v) is 6.74. The Morgan fingerprint density at radius 2 is 2.00 bits per heavy atom. The standard InChI is InChI=1S/C13H24N2O2/c1-3-11(4-2)14-12(16)10-15-9-7-5-6-8-13(15)17/h11H,3-10H2,1-2H3,(H,14,16). The van der Waals surface area contributed by atoms with Crippen molar-refractivity contribution in [3.8, 4) is 0 Å². The summed E-state index contributed by atoms with van der Waals surface area (Å²) in [6.45, 7) is 5.08. The van der Waals surface area contributed by atoms with E-state index < -0.39 is 0 Å². The minimum Gasteiger partial charge on any atom is -0.352 e. The Morgan fingerprint density at radius 3 is 2.65 bits per heavy atom. The molecule has 17 heavy (non-hydrogen) atoms. The third kappa shape index (κ3) is 4.75. The fourth-order valence-corrected chi connectivity index (χ4v) is 2.15. The molecule has 0 aromatic heterocycles. The smallest absolute Gasteiger partial charge is 0.239 e. The number of nitrogens with one attached hydrogen (secondary N) is 1. The summed E-state index contributed by atoms with van der Waals surface area (Å²) in [7, 11) is 0. The van der Waals surface area contributed by atoms with E-state index in [9.17, 15) is 9.59 Å². The molecule has 1 N–H and O–H groups in total. The average molecular weight is 240 g/mol. The van der Waals surface area contributed by atoms with E-state index in [4.69, 9.17) is 0 Å². The molecule has 0 atom stereocenters. The van der Waals surface area contributed by atoms with E-state index in [1.807, 2.05) is 0 Å². The third-order valence-corrected chi connectivity index (χ3v) is 3.36. The fraction of sp³-hybridized carbons (Fsp3) is 0.846. The zero-order valence-electron chi connectivity index (χ0n) is 11.0. The van der Waals surface area contributed by atoms with Crippen LogP contribution in [0.25, 0.3) is 0 Å². The predicted molar refractivity (Wildman–Crippen MR) is 67.6 cm³/mol. The monoisotopic (exact) mass is 240 g/mol. The maximum absolute atomic E-state index is 11.8. The van der Waals surface area contributed by atoms with Gasteiger partial charge in [-0.1, -0.05) is 20.3 Å². The van der Waals surface area contributed by atoms with Gasteiger partial charge in [-0.25, -0.2) is 0 Å². The Morgan fingerprint density at radius 1 is 1.29 bits per heavy atom. The Kier molecular flexibility index (Phi) is 6.01. The van der Waals surface area contributed by atoms with Gasteiger partial charge in [0.1, 0.15) is 0 Å². The number of carbonyl (C=O) groups is 2. The summed E-state index contributed by atoms with van der Waals surface area (Å²) in [5.41, 5.74) is 0. The van der Waals surface area contributed by atoms with E-state index in [2.05, 4.69) is 19.2 Å². The maximum Gasteiger partial charge on any atom is 0.239 e. The van der Waals surface area contributed by atoms with Crippen LogP contribution in [0.3, 0.4) is 0 Å². The van der Waals surface area contributed by atoms with Crippen molar-refractivity contribution >= 4 is 11.8 Å². The van der Waals surface area contributed by atoms with E-state index >= 15 is 0 Å². The predicted octanol–water partition coefficient (Wildman–Crippen LogP) is 1.69. The molecule has 0 aromatic carbocycles. The summed E-state index contributed by atoms with van der Waals surface area (Å²) in [6.07, 6.45) is 5.55. The molecule has 1 heterocycles. The zero-order valence-corrected chi connectivity index (χ0v) is 11.0. The summed E-state index contributed by atoms with van der Waals surface area (Å²) in [5, 5.41) is 2.97. The van der Waals surface area contributed by atoms with Crippen LogP contribution in [0.4, 0.5) is 0 Å². The molecule has 2 amide bonds. The van der Waals surface area contributed by atoms with Crippen molar-refractivity contribution in [3.63, 3.8) is 0 Å². The molecule has 0 spiro atoms. The number of nitrogens with zero attached hydrogens (tertiary/aromatic N) is 1. The fourth-order valence-electron chi connectivity index (χ4n) is 2.15. The van der Waals surface area contributed by atoms with Crippen molar-refractivity contribution < 1.29 is 9.59 Å². The van der Waals surface area contributed by atoms with Crippen LogP contribution in [-0.4, -0.2) is 35.8 Å². The van der Waals surface area contributed by atoms with Crippen molar-refractivity contribution in [3.05, 3.63) is 0 Å². The second-order valence-corrected chi connectivity index (χ2v) is 4.71. The van der Waals surface area contributed by atoms with Gasteiger partial charge in [0, 0.05) is 19.0 Å². The van der Waals surface area contributed by atoms with Crippen LogP contribution in [0.1, 0.15) is 52.4 Å². The van der Waals surface area contributed by atoms with Crippen LogP contribution in [0.5, 0.6) is 0 Å². The van der Waals surface area contributed by atoms with E-state index in [1.54, 1.807) is 4.90 Å². The maximum atomic E-state index is 11.8. The molecule has 0 saturated carbocycles. The molecule has 1 saturated heterocycles. The number of hydrogen-bond acceptors (Lipinski definition) is 2. The highest BCUT2D eigenvalue weighted by atomic mass is 16.2. The lowest BCUT2D eigenvalue weighted by Gasteiger charge is -2.22. The highest BCUT2D eigenvalue weighted by molar-refractivity contribution is 5.85. The highest BCUT2D eigenvalue weighted by Crippen LogP contribution is 2.10. The normalized spacial score (nSPS) is 17.1. The topological polar surface area (TPSA) is 49.4 Å². The summed E-state index contributed by atoms with van der Waals surface area (Å²) in [5.74, 6) is 0.108. The van der Waals surface area contributed by atoms with Crippen LogP contribution in [0.15, 0.2) is 0 Å². The van der Waals surface area contributed by atoms with Gasteiger partial charge < -0.3 is 10.2 Å². The van der Waals surface area contributed by atoms with Crippen LogP contribution in [0.2, 0.25) is 0 Å². The number of amides is 2. The van der Waals surface area contributed by atoms with Crippen LogP contribution >= 0.6 is 0 Å². The largest absolute Gasteiger partial charge is 0.352 e. The first-order valence-electron chi connectivity index (χ1n) is 6.74. The highest BCUT2D eigenvalue weighted by Gasteiger charge is 2.19. The van der Waals surface area contributed by atoms with Gasteiger partial charge in [-0.2, -0.15) is 0 Å². The van der Waals surface area contributed by atoms with Crippen molar-refractivity contribution in [2.75, 3.05) is 13.1 Å². The molecule has 0 aliphatic carbocycles. The summed E-state index contributed by atoms with van der Waals surface area (Å²) in [6, 6.07) is 0.240. The minimum absolute atomic E-state index is 0.0195. The molecule has 1 aliphatic heterocycles. The lowest BCUT2D eigenvalue weighted by atomic mass is 10.2. The molecule has 0 aromatic rings. The Labute approximate surface area is 104 Å². The number of rotatable bonds is 5. The molecular formula is C13H24N2O2. The quantitative estimate of drug-likeness (QED) is 0.795. The number of likely N-dealkylation sites (tertiary alicyclic amines) is 1. The van der Waals surface area contributed by atoms with E-state index in [0.29, 0.717) is 6.42 Å². The first-order chi connectivity index (χ1) is 8.17. The van der Waals surface area contributed by atoms with Crippen LogP contribution < -0.4 is 5.32 Å². The van der Waals surface area contributed by atoms with Crippen LogP contribution in [0, 0.1) is 0 Å². The summed E-state index contributed by atoms with van der Waals surface area (Å²) < 4.78 is 0. The van der Waals surface area contributed by atoms with Crippen molar-refractivity contribution in [2.45, 2.75) is 58.4 Å². The molecule has 4 nitrogen and oxygen atoms in total. The van der Waals surface area contributed by atoms with Crippen molar-refractivity contribution in [2.24, 2.45) is 0 Å². The van der Waals surface area contributed by atoms with Gasteiger partial charge >= 0.3 is 0 Å². The number of hydrogen-bond donors (Lipinski definition) is 1. The minimum atomic E-state index is -0.0195. The molecule has 4 heteroatoms. The Hall–Kier alpha value is -1.06. The van der Waals surface area contributed by atoms with E-state index in [1.165, 1.54) is 0 Å². The average Bonchev–Trinajstić information content (AvgIpc) is 2.52. The molecule has 0 bridgehead atoms. The SMILES string of the molecule is CCC(CC)NC(=O)CN1CCCCCC1=O. The molecule has 1 rings (SSSR count). The van der Waals surface area contributed by atoms with E-state index in [-0.39, 0.29) is 24.4 Å². The molecule has 0 unspecified atom stereocenters. The van der Waals surface area contributed by atoms with Crippen molar-refractivity contribution in [1.29, 1.82) is 0 Å². The van der Waals surface area contributed by atoms with Crippen molar-refractivity contribution in [1.82, 2.24) is 10.2 Å². The third-order valence-electron chi connectivity index (χ3n) is 3.36. The summed E-state index contributed by atoms with van der Waals surface area (Å²) in [4.78, 5) is 25.2. The lowest BCUT2D eigenvalue weighted by Crippen LogP contribution is -2.43. The van der Waals surface area contributed by atoms with Gasteiger partial charge in [-0.3, -0.25) is 9.59 Å². The van der Waals surface area contributed by atoms with Gasteiger partial charge in [-0.15, -0.1) is 0 Å². The first kappa shape index (κ1) is 14.0. The lowest BCUT2D eigenvalue weighted by molar-refractivity contribution is -0.135. The second-order valence-electron chi connectivity index (χ2n) is 4.71. The van der Waals surface area contributed by atoms with Gasteiger partial charge in [-0.05, 0) is 25.7 Å². The van der Waals surface area contributed by atoms with Gasteiger partial charge in [0.2, 0.25) is 11.8 Å². The second kappa shape index (κ2) is 7.30. The molecule has 1 fully saturated rings. The van der Waals surface area contributed by atoms with E-state index in [0.717, 1.165) is 38.6 Å². The van der Waals surface area contributed by atoms with Crippen LogP contribution in [-0.2, 0) is 9.59 Å². The summed E-state index contributed by atoms with van der Waals surface area (Å²) >= 11 is 0. The van der Waals surface area contributed by atoms with Gasteiger partial charge in [0.25, 0.3) is 0 Å². The number of carbonyl (C=O) groups excluding carboxylic acids is 2. The zero-order chi connectivity index (χ0) is 12.7. The molecular weight excluding hydrogens is 216 g/mol. The molecule has 0 radical (unpaired) electrons. The molecule has 1 aliphatic rings.